The molecule has 4 rings (SSSR count). The van der Waals surface area contributed by atoms with Gasteiger partial charge in [0.05, 0.1) is 25.2 Å². The Morgan fingerprint density at radius 3 is 2.52 bits per heavy atom. The van der Waals surface area contributed by atoms with Crippen molar-refractivity contribution < 1.29 is 9.53 Å². The van der Waals surface area contributed by atoms with Gasteiger partial charge in [0.1, 0.15) is 23.3 Å². The molecule has 2 aromatic rings. The van der Waals surface area contributed by atoms with E-state index in [0.717, 1.165) is 12.8 Å². The molecule has 0 saturated carbocycles. The molecule has 2 aliphatic heterocycles. The second-order valence-corrected chi connectivity index (χ2v) is 7.49. The second-order valence-electron chi connectivity index (χ2n) is 7.49. The third-order valence-corrected chi connectivity index (χ3v) is 5.79. The third-order valence-electron chi connectivity index (χ3n) is 5.79. The van der Waals surface area contributed by atoms with E-state index in [2.05, 4.69) is 37.5 Å². The standard InChI is InChI=1S/C20H23N7O2/c1-27-14-3-4-15(27)6-12(5-14)25-17-7-18(24-10-16(17)20(28)29-2)26-19-11-22-13(8-21)9-23-19/h7,9-12,14-15H,3-6H2,1-2H3,(H2,23,24,25,26). The summed E-state index contributed by atoms with van der Waals surface area (Å²) >= 11 is 0. The van der Waals surface area contributed by atoms with Crippen molar-refractivity contribution in [3.05, 3.63) is 35.9 Å². The van der Waals surface area contributed by atoms with Crippen molar-refractivity contribution >= 4 is 23.3 Å². The highest BCUT2D eigenvalue weighted by Gasteiger charge is 2.38. The highest BCUT2D eigenvalue weighted by atomic mass is 16.5. The Labute approximate surface area is 169 Å². The highest BCUT2D eigenvalue weighted by Crippen LogP contribution is 2.36. The molecule has 2 unspecified atom stereocenters. The van der Waals surface area contributed by atoms with Gasteiger partial charge >= 0.3 is 5.97 Å². The fourth-order valence-electron chi connectivity index (χ4n) is 4.25. The number of ether oxygens (including phenoxy) is 1. The summed E-state index contributed by atoms with van der Waals surface area (Å²) in [5, 5.41) is 15.4. The number of hydrogen-bond acceptors (Lipinski definition) is 9. The number of carbonyl (C=O) groups is 1. The van der Waals surface area contributed by atoms with E-state index in [1.807, 2.05) is 6.07 Å². The van der Waals surface area contributed by atoms with Gasteiger partial charge < -0.3 is 20.3 Å². The van der Waals surface area contributed by atoms with E-state index in [1.165, 1.54) is 38.5 Å². The van der Waals surface area contributed by atoms with Crippen LogP contribution in [-0.2, 0) is 4.74 Å². The number of hydrogen-bond donors (Lipinski definition) is 2. The number of rotatable bonds is 5. The van der Waals surface area contributed by atoms with Crippen molar-refractivity contribution in [2.45, 2.75) is 43.8 Å². The second kappa shape index (κ2) is 8.01. The Morgan fingerprint density at radius 2 is 1.90 bits per heavy atom. The average molecular weight is 393 g/mol. The van der Waals surface area contributed by atoms with Gasteiger partial charge in [-0.2, -0.15) is 5.26 Å². The van der Waals surface area contributed by atoms with Gasteiger partial charge in [0.25, 0.3) is 0 Å². The number of aromatic nitrogens is 3. The normalized spacial score (nSPS) is 23.3. The van der Waals surface area contributed by atoms with Crippen LogP contribution in [0.2, 0.25) is 0 Å². The SMILES string of the molecule is COC(=O)c1cnc(Nc2cnc(C#N)cn2)cc1NC1CC2CCC(C1)N2C. The number of carbonyl (C=O) groups excluding carboxylic acids is 1. The molecule has 9 heteroatoms. The molecule has 0 aliphatic carbocycles. The van der Waals surface area contributed by atoms with Gasteiger partial charge in [-0.3, -0.25) is 0 Å². The van der Waals surface area contributed by atoms with Gasteiger partial charge in [-0.1, -0.05) is 0 Å². The van der Waals surface area contributed by atoms with E-state index in [0.29, 0.717) is 35.0 Å². The molecule has 9 nitrogen and oxygen atoms in total. The number of nitrogens with zero attached hydrogens (tertiary/aromatic N) is 5. The number of methoxy groups -OCH3 is 1. The lowest BCUT2D eigenvalue weighted by Gasteiger charge is -2.37. The van der Waals surface area contributed by atoms with Gasteiger partial charge in [0.15, 0.2) is 5.69 Å². The van der Waals surface area contributed by atoms with E-state index < -0.39 is 5.97 Å². The Morgan fingerprint density at radius 1 is 1.17 bits per heavy atom. The molecule has 0 spiro atoms. The molecule has 29 heavy (non-hydrogen) atoms. The first-order valence-corrected chi connectivity index (χ1v) is 9.63. The van der Waals surface area contributed by atoms with Gasteiger partial charge in [-0.25, -0.2) is 19.7 Å². The van der Waals surface area contributed by atoms with Crippen molar-refractivity contribution in [3.63, 3.8) is 0 Å². The van der Waals surface area contributed by atoms with Crippen LogP contribution in [0.3, 0.4) is 0 Å². The average Bonchev–Trinajstić information content (AvgIpc) is 2.94. The first kappa shape index (κ1) is 19.1. The summed E-state index contributed by atoms with van der Waals surface area (Å²) in [4.78, 5) is 27.1. The van der Waals surface area contributed by atoms with Gasteiger partial charge in [0.2, 0.25) is 0 Å². The lowest BCUT2D eigenvalue weighted by molar-refractivity contribution is 0.0601. The summed E-state index contributed by atoms with van der Waals surface area (Å²) in [6.07, 6.45) is 8.89. The van der Waals surface area contributed by atoms with Crippen molar-refractivity contribution in [2.24, 2.45) is 0 Å². The number of pyridine rings is 1. The zero-order valence-electron chi connectivity index (χ0n) is 16.4. The molecule has 2 N–H and O–H groups in total. The zero-order chi connectivity index (χ0) is 20.4. The predicted octanol–water partition coefficient (Wildman–Crippen LogP) is 2.31. The maximum absolute atomic E-state index is 12.2. The maximum atomic E-state index is 12.2. The van der Waals surface area contributed by atoms with Crippen LogP contribution in [0.4, 0.5) is 17.3 Å². The van der Waals surface area contributed by atoms with Crippen molar-refractivity contribution in [1.29, 1.82) is 5.26 Å². The topological polar surface area (TPSA) is 116 Å². The highest BCUT2D eigenvalue weighted by molar-refractivity contribution is 5.96. The third kappa shape index (κ3) is 3.98. The van der Waals surface area contributed by atoms with Crippen molar-refractivity contribution in [2.75, 3.05) is 24.8 Å². The molecule has 150 valence electrons. The first-order valence-electron chi connectivity index (χ1n) is 9.63. The van der Waals surface area contributed by atoms with Crippen LogP contribution < -0.4 is 10.6 Å². The van der Waals surface area contributed by atoms with Gasteiger partial charge in [-0.15, -0.1) is 0 Å². The Bertz CT molecular complexity index is 927. The minimum atomic E-state index is -0.430. The van der Waals surface area contributed by atoms with E-state index in [-0.39, 0.29) is 11.7 Å². The minimum absolute atomic E-state index is 0.240. The Balaban J connectivity index is 1.55. The molecule has 0 aromatic carbocycles. The van der Waals surface area contributed by atoms with Crippen molar-refractivity contribution in [1.82, 2.24) is 19.9 Å². The van der Waals surface area contributed by atoms with Crippen LogP contribution in [0.5, 0.6) is 0 Å². The van der Waals surface area contributed by atoms with E-state index >= 15 is 0 Å². The lowest BCUT2D eigenvalue weighted by Crippen LogP contribution is -2.44. The molecular weight excluding hydrogens is 370 g/mol. The molecule has 2 aliphatic rings. The van der Waals surface area contributed by atoms with E-state index in [9.17, 15) is 4.79 Å². The number of piperidine rings is 1. The molecule has 0 radical (unpaired) electrons. The summed E-state index contributed by atoms with van der Waals surface area (Å²) in [5.41, 5.74) is 1.32. The van der Waals surface area contributed by atoms with Crippen LogP contribution in [0.15, 0.2) is 24.7 Å². The van der Waals surface area contributed by atoms with Crippen LogP contribution in [0, 0.1) is 11.3 Å². The summed E-state index contributed by atoms with van der Waals surface area (Å²) in [6, 6.07) is 5.17. The quantitative estimate of drug-likeness (QED) is 0.738. The monoisotopic (exact) mass is 393 g/mol. The number of nitriles is 1. The fraction of sp³-hybridized carbons (Fsp3) is 0.450. The zero-order valence-corrected chi connectivity index (χ0v) is 16.4. The smallest absolute Gasteiger partial charge is 0.341 e. The number of fused-ring (bicyclic) bond motifs is 2. The number of nitrogens with one attached hydrogen (secondary N) is 2. The van der Waals surface area contributed by atoms with Crippen LogP contribution in [0.25, 0.3) is 0 Å². The predicted molar refractivity (Wildman–Crippen MR) is 107 cm³/mol. The van der Waals surface area contributed by atoms with Crippen LogP contribution >= 0.6 is 0 Å². The molecule has 0 amide bonds. The lowest BCUT2D eigenvalue weighted by atomic mass is 9.97. The fourth-order valence-corrected chi connectivity index (χ4v) is 4.25. The Kier molecular flexibility index (Phi) is 5.27. The van der Waals surface area contributed by atoms with E-state index in [1.54, 1.807) is 6.07 Å². The summed E-state index contributed by atoms with van der Waals surface area (Å²) in [5.74, 6) is 0.557. The Hall–Kier alpha value is -3.25. The van der Waals surface area contributed by atoms with Gasteiger partial charge in [-0.05, 0) is 32.7 Å². The van der Waals surface area contributed by atoms with Crippen molar-refractivity contribution in [3.8, 4) is 6.07 Å². The number of anilines is 3. The van der Waals surface area contributed by atoms with E-state index in [4.69, 9.17) is 10.00 Å². The van der Waals surface area contributed by atoms with Crippen LogP contribution in [0.1, 0.15) is 41.7 Å². The largest absolute Gasteiger partial charge is 0.465 e. The minimum Gasteiger partial charge on any atom is -0.465 e. The maximum Gasteiger partial charge on any atom is 0.341 e. The number of esters is 1. The van der Waals surface area contributed by atoms with Gasteiger partial charge in [0, 0.05) is 30.4 Å². The molecule has 2 aromatic heterocycles. The molecule has 2 bridgehead atoms. The summed E-state index contributed by atoms with van der Waals surface area (Å²) < 4.78 is 4.92. The molecular formula is C20H23N7O2. The summed E-state index contributed by atoms with van der Waals surface area (Å²) in [6.45, 7) is 0. The molecule has 4 heterocycles. The molecule has 2 fully saturated rings. The molecule has 2 atom stereocenters. The van der Waals surface area contributed by atoms with Crippen LogP contribution in [-0.4, -0.2) is 58.1 Å². The molecule has 2 saturated heterocycles. The first-order chi connectivity index (χ1) is 14.1. The summed E-state index contributed by atoms with van der Waals surface area (Å²) in [7, 11) is 3.56.